The Hall–Kier alpha value is -1.31. The molecule has 5 aliphatic carbocycles. The van der Waals surface area contributed by atoms with Gasteiger partial charge in [-0.2, -0.15) is 0 Å². The largest absolute Gasteiger partial charge is 0.432 e. The van der Waals surface area contributed by atoms with Gasteiger partial charge < -0.3 is 70.0 Å². The summed E-state index contributed by atoms with van der Waals surface area (Å²) in [6.07, 6.45) is -11.7. The van der Waals surface area contributed by atoms with Crippen LogP contribution < -0.4 is 0 Å². The highest BCUT2D eigenvalue weighted by atomic mass is 16.8. The molecule has 7 aliphatic rings. The lowest BCUT2D eigenvalue weighted by atomic mass is 9.33. The molecular formula is C42H68O15. The highest BCUT2D eigenvalue weighted by Crippen LogP contribution is 2.76. The van der Waals surface area contributed by atoms with E-state index in [4.69, 9.17) is 18.9 Å². The Balaban J connectivity index is 1.24. The van der Waals surface area contributed by atoms with Gasteiger partial charge in [-0.3, -0.25) is 4.79 Å². The molecule has 21 unspecified atom stereocenters. The normalized spacial score (nSPS) is 56.0. The van der Waals surface area contributed by atoms with Crippen LogP contribution in [0.25, 0.3) is 0 Å². The number of fused-ring (bicyclic) bond motifs is 7. The Bertz CT molecular complexity index is 1550. The monoisotopic (exact) mass is 812 g/mol. The van der Waals surface area contributed by atoms with E-state index in [1.807, 2.05) is 6.92 Å². The van der Waals surface area contributed by atoms with Crippen LogP contribution in [0.3, 0.4) is 0 Å². The quantitative estimate of drug-likeness (QED) is 0.128. The summed E-state index contributed by atoms with van der Waals surface area (Å²) in [6, 6.07) is 0. The van der Waals surface area contributed by atoms with E-state index in [1.54, 1.807) is 6.92 Å². The predicted molar refractivity (Wildman–Crippen MR) is 200 cm³/mol. The number of aliphatic hydroxyl groups excluding tert-OH is 9. The van der Waals surface area contributed by atoms with Gasteiger partial charge >= 0.3 is 5.97 Å². The lowest BCUT2D eigenvalue weighted by Gasteiger charge is -2.72. The summed E-state index contributed by atoms with van der Waals surface area (Å²) in [7, 11) is 0. The minimum Gasteiger partial charge on any atom is -0.432 e. The number of aliphatic hydroxyl groups is 10. The minimum absolute atomic E-state index is 0.156. The van der Waals surface area contributed by atoms with Crippen LogP contribution in [0.5, 0.6) is 0 Å². The number of allylic oxidation sites excluding steroid dienone is 1. The molecule has 2 heterocycles. The van der Waals surface area contributed by atoms with Gasteiger partial charge in [-0.25, -0.2) is 0 Å². The van der Waals surface area contributed by atoms with Crippen molar-refractivity contribution in [1.82, 2.24) is 0 Å². The Labute approximate surface area is 335 Å². The van der Waals surface area contributed by atoms with Crippen molar-refractivity contribution in [2.45, 2.75) is 179 Å². The predicted octanol–water partition coefficient (Wildman–Crippen LogP) is 0.258. The molecule has 326 valence electrons. The number of hydrogen-bond acceptors (Lipinski definition) is 15. The van der Waals surface area contributed by atoms with Gasteiger partial charge in [0.15, 0.2) is 12.4 Å². The third kappa shape index (κ3) is 6.18. The number of hydrogen-bond donors (Lipinski definition) is 10. The zero-order valence-corrected chi connectivity index (χ0v) is 34.4. The summed E-state index contributed by atoms with van der Waals surface area (Å²) in [4.78, 5) is 15.1. The first-order valence-electron chi connectivity index (χ1n) is 21.1. The maximum atomic E-state index is 15.1. The fraction of sp³-hybridized carbons (Fsp3) is 0.929. The van der Waals surface area contributed by atoms with E-state index in [-0.39, 0.29) is 28.6 Å². The second kappa shape index (κ2) is 14.7. The van der Waals surface area contributed by atoms with Crippen LogP contribution in [0, 0.1) is 50.7 Å². The topological polar surface area (TPSA) is 256 Å². The fourth-order valence-corrected chi connectivity index (χ4v) is 13.8. The number of rotatable bonds is 6. The van der Waals surface area contributed by atoms with Crippen molar-refractivity contribution in [2.24, 2.45) is 50.7 Å². The standard InChI is InChI=1S/C42H68O15/c1-19-10-13-42(36(52)57-35-31(29(49)27(47)23(18-44)55-35)56-34-30(50)28(48)26(46)22(17-43)54-34)15-14-39(5)20(32(42)41(19,7)53)8-9-25-38(4)16-21(45)33(51)37(2,3)24(38)11-12-40(25,39)6/h8,19,21-35,43-51,53H,9-18H2,1-7H3. The van der Waals surface area contributed by atoms with Crippen LogP contribution in [0.15, 0.2) is 11.6 Å². The first kappa shape index (κ1) is 43.8. The second-order valence-corrected chi connectivity index (χ2v) is 20.5. The maximum absolute atomic E-state index is 15.1. The molecule has 2 aliphatic heterocycles. The average Bonchev–Trinajstić information content (AvgIpc) is 3.15. The van der Waals surface area contributed by atoms with Crippen LogP contribution >= 0.6 is 0 Å². The Morgan fingerprint density at radius 3 is 2.02 bits per heavy atom. The Morgan fingerprint density at radius 2 is 1.39 bits per heavy atom. The Morgan fingerprint density at radius 1 is 0.772 bits per heavy atom. The molecule has 0 bridgehead atoms. The smallest absolute Gasteiger partial charge is 0.315 e. The van der Waals surface area contributed by atoms with Crippen molar-refractivity contribution in [3.8, 4) is 0 Å². The minimum atomic E-state index is -1.87. The lowest BCUT2D eigenvalue weighted by Crippen LogP contribution is -2.69. The zero-order chi connectivity index (χ0) is 42.0. The van der Waals surface area contributed by atoms with Gasteiger partial charge in [0.1, 0.15) is 42.7 Å². The van der Waals surface area contributed by atoms with E-state index in [9.17, 15) is 51.1 Å². The molecule has 15 heteroatoms. The van der Waals surface area contributed by atoms with Crippen LogP contribution in [-0.2, 0) is 23.7 Å². The molecule has 0 radical (unpaired) electrons. The fourth-order valence-electron chi connectivity index (χ4n) is 13.8. The summed E-state index contributed by atoms with van der Waals surface area (Å²) < 4.78 is 23.5. The summed E-state index contributed by atoms with van der Waals surface area (Å²) in [6.45, 7) is 13.3. The van der Waals surface area contributed by atoms with E-state index in [2.05, 4.69) is 40.7 Å². The van der Waals surface area contributed by atoms with Gasteiger partial charge in [0.05, 0.1) is 36.4 Å². The number of esters is 1. The van der Waals surface area contributed by atoms with Crippen molar-refractivity contribution in [2.75, 3.05) is 13.2 Å². The number of carbonyl (C=O) groups is 1. The third-order valence-electron chi connectivity index (χ3n) is 17.6. The average molecular weight is 813 g/mol. The molecule has 57 heavy (non-hydrogen) atoms. The highest BCUT2D eigenvalue weighted by Gasteiger charge is 2.72. The molecule has 0 aromatic rings. The second-order valence-electron chi connectivity index (χ2n) is 20.5. The molecule has 21 atom stereocenters. The molecule has 0 aromatic carbocycles. The van der Waals surface area contributed by atoms with Crippen LogP contribution in [0.2, 0.25) is 0 Å². The molecular weight excluding hydrogens is 744 g/mol. The Kier molecular flexibility index (Phi) is 11.3. The number of carbonyl (C=O) groups excluding carboxylic acids is 1. The van der Waals surface area contributed by atoms with Gasteiger partial charge in [0, 0.05) is 5.92 Å². The van der Waals surface area contributed by atoms with Crippen molar-refractivity contribution in [3.63, 3.8) is 0 Å². The van der Waals surface area contributed by atoms with E-state index in [1.165, 1.54) is 0 Å². The molecule has 15 nitrogen and oxygen atoms in total. The molecule has 2 saturated heterocycles. The highest BCUT2D eigenvalue weighted by molar-refractivity contribution is 5.79. The van der Waals surface area contributed by atoms with Crippen molar-refractivity contribution >= 4 is 5.97 Å². The molecule has 7 rings (SSSR count). The first-order chi connectivity index (χ1) is 26.5. The first-order valence-corrected chi connectivity index (χ1v) is 21.1. The van der Waals surface area contributed by atoms with Gasteiger partial charge in [-0.15, -0.1) is 0 Å². The van der Waals surface area contributed by atoms with Gasteiger partial charge in [0.25, 0.3) is 0 Å². The van der Waals surface area contributed by atoms with Crippen LogP contribution in [0.1, 0.15) is 99.8 Å². The molecule has 0 spiro atoms. The van der Waals surface area contributed by atoms with Crippen LogP contribution in [-0.4, -0.2) is 149 Å². The van der Waals surface area contributed by atoms with E-state index < -0.39 is 121 Å². The van der Waals surface area contributed by atoms with Crippen molar-refractivity contribution < 1.29 is 74.8 Å². The SMILES string of the molecule is CC1CCC2(C(=O)OC3OC(CO)C(O)C(O)C3OC3OC(CO)C(O)C(O)C3O)CCC3(C)C(=CCC4C5(C)CC(O)C(O)C(C)(C)C5CCC43C)C2C1(C)O. The molecule has 6 fully saturated rings. The summed E-state index contributed by atoms with van der Waals surface area (Å²) in [5, 5.41) is 108. The van der Waals surface area contributed by atoms with Gasteiger partial charge in [-0.1, -0.05) is 53.2 Å². The summed E-state index contributed by atoms with van der Waals surface area (Å²) >= 11 is 0. The van der Waals surface area contributed by atoms with E-state index in [0.717, 1.165) is 18.4 Å². The summed E-state index contributed by atoms with van der Waals surface area (Å²) in [5.41, 5.74) is -3.12. The molecule has 0 aromatic heterocycles. The molecule has 0 amide bonds. The zero-order valence-electron chi connectivity index (χ0n) is 34.4. The van der Waals surface area contributed by atoms with E-state index in [0.29, 0.717) is 38.5 Å². The number of ether oxygens (including phenoxy) is 4. The third-order valence-corrected chi connectivity index (χ3v) is 17.6. The maximum Gasteiger partial charge on any atom is 0.315 e. The molecule has 10 N–H and O–H groups in total. The molecule has 4 saturated carbocycles. The van der Waals surface area contributed by atoms with Gasteiger partial charge in [0.2, 0.25) is 6.29 Å². The summed E-state index contributed by atoms with van der Waals surface area (Å²) in [5.74, 6) is -1.25. The van der Waals surface area contributed by atoms with Crippen molar-refractivity contribution in [1.29, 1.82) is 0 Å². The van der Waals surface area contributed by atoms with E-state index >= 15 is 4.79 Å². The van der Waals surface area contributed by atoms with Crippen LogP contribution in [0.4, 0.5) is 0 Å². The van der Waals surface area contributed by atoms with Crippen molar-refractivity contribution in [3.05, 3.63) is 11.6 Å². The van der Waals surface area contributed by atoms with Gasteiger partial charge in [-0.05, 0) is 97.7 Å². The lowest BCUT2D eigenvalue weighted by molar-refractivity contribution is -0.364.